The minimum atomic E-state index is 0.453. The molecule has 1 atom stereocenters. The summed E-state index contributed by atoms with van der Waals surface area (Å²) in [6.07, 6.45) is 1.11. The van der Waals surface area contributed by atoms with Crippen molar-refractivity contribution in [3.05, 3.63) is 43.8 Å². The van der Waals surface area contributed by atoms with Crippen LogP contribution in [-0.4, -0.2) is 7.05 Å². The van der Waals surface area contributed by atoms with E-state index in [-0.39, 0.29) is 0 Å². The second-order valence-corrected chi connectivity index (χ2v) is 6.79. The van der Waals surface area contributed by atoms with Gasteiger partial charge in [0.2, 0.25) is 0 Å². The number of hydrogen-bond acceptors (Lipinski definition) is 2. The highest BCUT2D eigenvalue weighted by Crippen LogP contribution is 2.35. The molecule has 0 spiro atoms. The molecule has 4 heteroatoms. The second-order valence-electron chi connectivity index (χ2n) is 4.08. The Morgan fingerprint density at radius 2 is 2.11 bits per heavy atom. The zero-order valence-electron chi connectivity index (χ0n) is 10.3. The van der Waals surface area contributed by atoms with E-state index in [2.05, 4.69) is 53.0 Å². The molecule has 0 radical (unpaired) electrons. The average Bonchev–Trinajstić information content (AvgIpc) is 2.80. The number of rotatable bonds is 4. The first-order valence-corrected chi connectivity index (χ1v) is 8.15. The van der Waals surface area contributed by atoms with E-state index < -0.39 is 0 Å². The van der Waals surface area contributed by atoms with Gasteiger partial charge in [-0.2, -0.15) is 0 Å². The summed E-state index contributed by atoms with van der Waals surface area (Å²) in [5, 5.41) is 4.14. The van der Waals surface area contributed by atoms with Crippen molar-refractivity contribution in [3.8, 4) is 10.4 Å². The monoisotopic (exact) mass is 391 g/mol. The maximum Gasteiger partial charge on any atom is 0.0416 e. The number of hydrogen-bond donors (Lipinski definition) is 1. The Kier molecular flexibility index (Phi) is 5.06. The summed E-state index contributed by atoms with van der Waals surface area (Å²) < 4.78 is 1.20. The van der Waals surface area contributed by atoms with Gasteiger partial charge >= 0.3 is 0 Å². The largest absolute Gasteiger partial charge is 0.312 e. The van der Waals surface area contributed by atoms with Crippen LogP contribution in [0.1, 0.15) is 24.3 Å². The highest BCUT2D eigenvalue weighted by Gasteiger charge is 2.12. The van der Waals surface area contributed by atoms with E-state index in [4.69, 9.17) is 11.6 Å². The molecule has 0 aliphatic carbocycles. The molecule has 2 aromatic rings. The van der Waals surface area contributed by atoms with E-state index in [0.29, 0.717) is 6.04 Å². The van der Waals surface area contributed by atoms with Crippen LogP contribution in [0.3, 0.4) is 0 Å². The van der Waals surface area contributed by atoms with Crippen molar-refractivity contribution in [2.45, 2.75) is 19.4 Å². The lowest BCUT2D eigenvalue weighted by Crippen LogP contribution is -2.13. The first-order chi connectivity index (χ1) is 8.65. The molecule has 0 bridgehead atoms. The van der Waals surface area contributed by atoms with Crippen molar-refractivity contribution in [3.63, 3.8) is 0 Å². The molecule has 0 amide bonds. The number of thiophene rings is 1. The Labute approximate surface area is 131 Å². The van der Waals surface area contributed by atoms with E-state index in [1.54, 1.807) is 0 Å². The molecule has 1 N–H and O–H groups in total. The highest BCUT2D eigenvalue weighted by atomic mass is 127. The maximum atomic E-state index is 5.99. The molecular weight excluding hydrogens is 377 g/mol. The third-order valence-corrected chi connectivity index (χ3v) is 5.28. The summed E-state index contributed by atoms with van der Waals surface area (Å²) in [5.74, 6) is 0. The number of benzene rings is 1. The van der Waals surface area contributed by atoms with E-state index in [0.717, 1.165) is 11.4 Å². The van der Waals surface area contributed by atoms with Crippen LogP contribution in [-0.2, 0) is 0 Å². The van der Waals surface area contributed by atoms with Crippen LogP contribution in [0.25, 0.3) is 10.4 Å². The zero-order chi connectivity index (χ0) is 13.1. The molecule has 0 saturated carbocycles. The molecule has 96 valence electrons. The zero-order valence-corrected chi connectivity index (χ0v) is 14.1. The molecule has 1 unspecified atom stereocenters. The predicted molar refractivity (Wildman–Crippen MR) is 89.6 cm³/mol. The molecule has 0 fully saturated rings. The lowest BCUT2D eigenvalue weighted by molar-refractivity contribution is 0.586. The van der Waals surface area contributed by atoms with Gasteiger partial charge in [-0.15, -0.1) is 11.3 Å². The molecular formula is C14H15ClINS. The van der Waals surface area contributed by atoms with E-state index in [9.17, 15) is 0 Å². The molecule has 1 aromatic carbocycles. The Hall–Kier alpha value is -0.100. The van der Waals surface area contributed by atoms with Crippen LogP contribution in [0, 0.1) is 3.57 Å². The molecule has 0 aliphatic rings. The van der Waals surface area contributed by atoms with Gasteiger partial charge in [-0.3, -0.25) is 0 Å². The minimum Gasteiger partial charge on any atom is -0.312 e. The van der Waals surface area contributed by atoms with Gasteiger partial charge in [-0.05, 0) is 60.3 Å². The van der Waals surface area contributed by atoms with Crippen LogP contribution < -0.4 is 5.32 Å². The Morgan fingerprint density at radius 1 is 1.33 bits per heavy atom. The van der Waals surface area contributed by atoms with Crippen molar-refractivity contribution < 1.29 is 0 Å². The Bertz CT molecular complexity index is 534. The van der Waals surface area contributed by atoms with Gasteiger partial charge in [0.05, 0.1) is 0 Å². The SMILES string of the molecule is CCC(NC)c1ccc(-c2ccc(Cl)cc2I)s1. The van der Waals surface area contributed by atoms with Gasteiger partial charge in [0.15, 0.2) is 0 Å². The summed E-state index contributed by atoms with van der Waals surface area (Å²) >= 11 is 10.2. The number of nitrogens with one attached hydrogen (secondary N) is 1. The van der Waals surface area contributed by atoms with Gasteiger partial charge in [-0.25, -0.2) is 0 Å². The fourth-order valence-electron chi connectivity index (χ4n) is 1.92. The highest BCUT2D eigenvalue weighted by molar-refractivity contribution is 14.1. The third kappa shape index (κ3) is 3.07. The maximum absolute atomic E-state index is 5.99. The molecule has 1 nitrogen and oxygen atoms in total. The third-order valence-electron chi connectivity index (χ3n) is 2.92. The Morgan fingerprint density at radius 3 is 2.72 bits per heavy atom. The van der Waals surface area contributed by atoms with Gasteiger partial charge in [-0.1, -0.05) is 24.6 Å². The van der Waals surface area contributed by atoms with Gasteiger partial charge < -0.3 is 5.32 Å². The molecule has 18 heavy (non-hydrogen) atoms. The molecule has 0 saturated heterocycles. The molecule has 0 aliphatic heterocycles. The van der Waals surface area contributed by atoms with Gasteiger partial charge in [0.25, 0.3) is 0 Å². The minimum absolute atomic E-state index is 0.453. The predicted octanol–water partition coefficient (Wildman–Crippen LogP) is 5.34. The van der Waals surface area contributed by atoms with Crippen molar-refractivity contribution in [2.24, 2.45) is 0 Å². The van der Waals surface area contributed by atoms with Gasteiger partial charge in [0, 0.05) is 30.0 Å². The van der Waals surface area contributed by atoms with E-state index in [1.807, 2.05) is 30.5 Å². The summed E-state index contributed by atoms with van der Waals surface area (Å²) in [6, 6.07) is 10.9. The van der Waals surface area contributed by atoms with Crippen LogP contribution >= 0.6 is 45.5 Å². The smallest absolute Gasteiger partial charge is 0.0416 e. The first-order valence-electron chi connectivity index (χ1n) is 5.88. The number of halogens is 2. The lowest BCUT2D eigenvalue weighted by atomic mass is 10.1. The summed E-state index contributed by atoms with van der Waals surface area (Å²) in [5.41, 5.74) is 1.27. The van der Waals surface area contributed by atoms with E-state index >= 15 is 0 Å². The normalized spacial score (nSPS) is 12.7. The topological polar surface area (TPSA) is 12.0 Å². The summed E-state index contributed by atoms with van der Waals surface area (Å²) in [6.45, 7) is 2.20. The van der Waals surface area contributed by atoms with Crippen molar-refractivity contribution >= 4 is 45.5 Å². The summed E-state index contributed by atoms with van der Waals surface area (Å²) in [4.78, 5) is 2.69. The molecule has 1 heterocycles. The average molecular weight is 392 g/mol. The van der Waals surface area contributed by atoms with Gasteiger partial charge in [0.1, 0.15) is 0 Å². The molecule has 1 aromatic heterocycles. The van der Waals surface area contributed by atoms with E-state index in [1.165, 1.54) is 18.9 Å². The van der Waals surface area contributed by atoms with Crippen LogP contribution in [0.2, 0.25) is 5.02 Å². The van der Waals surface area contributed by atoms with Crippen molar-refractivity contribution in [1.82, 2.24) is 5.32 Å². The van der Waals surface area contributed by atoms with Crippen LogP contribution in [0.15, 0.2) is 30.3 Å². The second kappa shape index (κ2) is 6.37. The molecule has 2 rings (SSSR count). The standard InChI is InChI=1S/C14H15ClINS/c1-3-12(17-2)14-7-6-13(18-14)10-5-4-9(15)8-11(10)16/h4-8,12,17H,3H2,1-2H3. The van der Waals surface area contributed by atoms with Crippen molar-refractivity contribution in [2.75, 3.05) is 7.05 Å². The fraction of sp³-hybridized carbons (Fsp3) is 0.286. The van der Waals surface area contributed by atoms with Crippen LogP contribution in [0.5, 0.6) is 0 Å². The summed E-state index contributed by atoms with van der Waals surface area (Å²) in [7, 11) is 2.01. The quantitative estimate of drug-likeness (QED) is 0.693. The van der Waals surface area contributed by atoms with Crippen LogP contribution in [0.4, 0.5) is 0 Å². The first kappa shape index (κ1) is 14.3. The fourth-order valence-corrected chi connectivity index (χ4v) is 4.51. The Balaban J connectivity index is 2.34. The van der Waals surface area contributed by atoms with Crippen molar-refractivity contribution in [1.29, 1.82) is 0 Å². The lowest BCUT2D eigenvalue weighted by Gasteiger charge is -2.10.